The minimum Gasteiger partial charge on any atom is -0.494 e. The maximum Gasteiger partial charge on any atom is 0.303 e. The predicted molar refractivity (Wildman–Crippen MR) is 86.5 cm³/mol. The maximum absolute atomic E-state index is 12.0. The Labute approximate surface area is 132 Å². The second kappa shape index (κ2) is 8.14. The first-order valence-electron chi connectivity index (χ1n) is 6.86. The van der Waals surface area contributed by atoms with Gasteiger partial charge in [-0.2, -0.15) is 0 Å². The van der Waals surface area contributed by atoms with Crippen LogP contribution in [0.15, 0.2) is 47.9 Å². The zero-order valence-electron chi connectivity index (χ0n) is 11.9. The molecular weight excluding hydrogens is 300 g/mol. The van der Waals surface area contributed by atoms with E-state index in [9.17, 15) is 9.59 Å². The zero-order valence-corrected chi connectivity index (χ0v) is 12.7. The van der Waals surface area contributed by atoms with Gasteiger partial charge in [0.05, 0.1) is 6.61 Å². The smallest absolute Gasteiger partial charge is 0.303 e. The molecular formula is C17H16O4S. The Bertz CT molecular complexity index is 642. The standard InChI is InChI=1S/C17H16O4S/c18-16(10-9-15-3-2-12-22-15)13-5-7-14(8-6-13)21-11-1-4-17(19)20/h2-3,5-10,12H,1,4,11H2,(H,19,20)/b10-9+. The van der Waals surface area contributed by atoms with E-state index in [1.54, 1.807) is 47.8 Å². The summed E-state index contributed by atoms with van der Waals surface area (Å²) in [5.41, 5.74) is 0.589. The number of ketones is 1. The van der Waals surface area contributed by atoms with E-state index in [1.807, 2.05) is 17.5 Å². The molecule has 2 rings (SSSR count). The number of allylic oxidation sites excluding steroid dienone is 1. The van der Waals surface area contributed by atoms with Crippen LogP contribution in [0.4, 0.5) is 0 Å². The van der Waals surface area contributed by atoms with Crippen LogP contribution in [0.1, 0.15) is 28.1 Å². The molecule has 0 aliphatic carbocycles. The number of rotatable bonds is 8. The quantitative estimate of drug-likeness (QED) is 0.456. The van der Waals surface area contributed by atoms with E-state index in [4.69, 9.17) is 9.84 Å². The van der Waals surface area contributed by atoms with Crippen molar-refractivity contribution in [1.29, 1.82) is 0 Å². The van der Waals surface area contributed by atoms with Gasteiger partial charge in [0.15, 0.2) is 5.78 Å². The van der Waals surface area contributed by atoms with E-state index in [1.165, 1.54) is 0 Å². The van der Waals surface area contributed by atoms with Crippen LogP contribution < -0.4 is 4.74 Å². The van der Waals surface area contributed by atoms with E-state index in [-0.39, 0.29) is 12.2 Å². The van der Waals surface area contributed by atoms with Gasteiger partial charge in [-0.3, -0.25) is 9.59 Å². The lowest BCUT2D eigenvalue weighted by Crippen LogP contribution is -2.02. The van der Waals surface area contributed by atoms with Crippen LogP contribution in [-0.4, -0.2) is 23.5 Å². The molecule has 2 aromatic rings. The largest absolute Gasteiger partial charge is 0.494 e. The Morgan fingerprint density at radius 1 is 1.18 bits per heavy atom. The van der Waals surface area contributed by atoms with Gasteiger partial charge in [0.25, 0.3) is 0 Å². The van der Waals surface area contributed by atoms with E-state index >= 15 is 0 Å². The SMILES string of the molecule is O=C(O)CCCOc1ccc(C(=O)/C=C/c2cccs2)cc1. The molecule has 1 N–H and O–H groups in total. The highest BCUT2D eigenvalue weighted by atomic mass is 32.1. The number of carbonyl (C=O) groups is 2. The Balaban J connectivity index is 1.85. The van der Waals surface area contributed by atoms with E-state index in [0.717, 1.165) is 4.88 Å². The van der Waals surface area contributed by atoms with Gasteiger partial charge in [-0.15, -0.1) is 11.3 Å². The summed E-state index contributed by atoms with van der Waals surface area (Å²) in [6.45, 7) is 0.345. The lowest BCUT2D eigenvalue weighted by atomic mass is 10.1. The molecule has 0 bridgehead atoms. The van der Waals surface area contributed by atoms with Crippen LogP contribution >= 0.6 is 11.3 Å². The fraction of sp³-hybridized carbons (Fsp3) is 0.176. The number of benzene rings is 1. The number of thiophene rings is 1. The average molecular weight is 316 g/mol. The lowest BCUT2D eigenvalue weighted by Gasteiger charge is -2.05. The fourth-order valence-electron chi connectivity index (χ4n) is 1.77. The fourth-order valence-corrected chi connectivity index (χ4v) is 2.39. The van der Waals surface area contributed by atoms with Crippen molar-refractivity contribution in [1.82, 2.24) is 0 Å². The molecule has 0 fully saturated rings. The van der Waals surface area contributed by atoms with Crippen LogP contribution in [0.25, 0.3) is 6.08 Å². The average Bonchev–Trinajstić information content (AvgIpc) is 3.03. The maximum atomic E-state index is 12.0. The number of ether oxygens (including phenoxy) is 1. The molecule has 1 aromatic carbocycles. The van der Waals surface area contributed by atoms with E-state index in [2.05, 4.69) is 0 Å². The van der Waals surface area contributed by atoms with Crippen molar-refractivity contribution in [3.63, 3.8) is 0 Å². The summed E-state index contributed by atoms with van der Waals surface area (Å²) in [6.07, 6.45) is 3.89. The topological polar surface area (TPSA) is 63.6 Å². The third-order valence-corrected chi connectivity index (χ3v) is 3.72. The molecule has 0 amide bonds. The molecule has 0 saturated heterocycles. The number of aliphatic carboxylic acids is 1. The van der Waals surface area contributed by atoms with Crippen LogP contribution in [0.5, 0.6) is 5.75 Å². The van der Waals surface area contributed by atoms with Gasteiger partial charge in [-0.05, 0) is 54.3 Å². The summed E-state index contributed by atoms with van der Waals surface area (Å²) >= 11 is 1.57. The number of hydrogen-bond acceptors (Lipinski definition) is 4. The van der Waals surface area contributed by atoms with Crippen LogP contribution in [0, 0.1) is 0 Å². The molecule has 22 heavy (non-hydrogen) atoms. The highest BCUT2D eigenvalue weighted by Crippen LogP contribution is 2.15. The molecule has 5 heteroatoms. The van der Waals surface area contributed by atoms with Crippen LogP contribution in [0.3, 0.4) is 0 Å². The van der Waals surface area contributed by atoms with Gasteiger partial charge < -0.3 is 9.84 Å². The number of carboxylic acid groups (broad SMARTS) is 1. The Morgan fingerprint density at radius 2 is 1.95 bits per heavy atom. The van der Waals surface area contributed by atoms with Crippen molar-refractivity contribution in [2.75, 3.05) is 6.61 Å². The number of carbonyl (C=O) groups excluding carboxylic acids is 1. The Kier molecular flexibility index (Phi) is 5.91. The van der Waals surface area contributed by atoms with Gasteiger partial charge >= 0.3 is 5.97 Å². The van der Waals surface area contributed by atoms with E-state index < -0.39 is 5.97 Å². The Morgan fingerprint density at radius 3 is 2.59 bits per heavy atom. The summed E-state index contributed by atoms with van der Waals surface area (Å²) in [5, 5.41) is 10.5. The second-order valence-corrected chi connectivity index (χ2v) is 5.56. The van der Waals surface area contributed by atoms with Crippen molar-refractivity contribution in [2.45, 2.75) is 12.8 Å². The molecule has 0 unspecified atom stereocenters. The summed E-state index contributed by atoms with van der Waals surface area (Å²) in [5.74, 6) is -0.267. The molecule has 1 aromatic heterocycles. The van der Waals surface area contributed by atoms with Crippen molar-refractivity contribution in [2.24, 2.45) is 0 Å². The zero-order chi connectivity index (χ0) is 15.8. The predicted octanol–water partition coefficient (Wildman–Crippen LogP) is 3.89. The lowest BCUT2D eigenvalue weighted by molar-refractivity contribution is -0.137. The summed E-state index contributed by atoms with van der Waals surface area (Å²) < 4.78 is 5.42. The Hall–Kier alpha value is -2.40. The third kappa shape index (κ3) is 5.18. The van der Waals surface area contributed by atoms with Crippen molar-refractivity contribution in [3.8, 4) is 5.75 Å². The van der Waals surface area contributed by atoms with Gasteiger partial charge in [0.1, 0.15) is 5.75 Å². The minimum atomic E-state index is -0.831. The third-order valence-electron chi connectivity index (χ3n) is 2.88. The summed E-state index contributed by atoms with van der Waals surface area (Å²) in [4.78, 5) is 23.4. The molecule has 114 valence electrons. The second-order valence-electron chi connectivity index (χ2n) is 4.58. The van der Waals surface area contributed by atoms with Crippen molar-refractivity contribution < 1.29 is 19.4 Å². The molecule has 0 aliphatic rings. The molecule has 0 aliphatic heterocycles. The first-order valence-corrected chi connectivity index (χ1v) is 7.74. The highest BCUT2D eigenvalue weighted by molar-refractivity contribution is 7.10. The highest BCUT2D eigenvalue weighted by Gasteiger charge is 2.03. The van der Waals surface area contributed by atoms with Gasteiger partial charge in [-0.1, -0.05) is 6.07 Å². The molecule has 4 nitrogen and oxygen atoms in total. The van der Waals surface area contributed by atoms with Crippen LogP contribution in [-0.2, 0) is 4.79 Å². The molecule has 0 atom stereocenters. The minimum absolute atomic E-state index is 0.0640. The normalized spacial score (nSPS) is 10.7. The molecule has 0 spiro atoms. The van der Waals surface area contributed by atoms with Gasteiger partial charge in [0, 0.05) is 16.9 Å². The summed E-state index contributed by atoms with van der Waals surface area (Å²) in [7, 11) is 0. The molecule has 0 saturated carbocycles. The molecule has 0 radical (unpaired) electrons. The number of carboxylic acids is 1. The van der Waals surface area contributed by atoms with Gasteiger partial charge in [-0.25, -0.2) is 0 Å². The van der Waals surface area contributed by atoms with E-state index in [0.29, 0.717) is 24.3 Å². The number of hydrogen-bond donors (Lipinski definition) is 1. The monoisotopic (exact) mass is 316 g/mol. The molecule has 1 heterocycles. The van der Waals surface area contributed by atoms with Gasteiger partial charge in [0.2, 0.25) is 0 Å². The van der Waals surface area contributed by atoms with Crippen molar-refractivity contribution >= 4 is 29.2 Å². The summed E-state index contributed by atoms with van der Waals surface area (Å²) in [6, 6.07) is 10.7. The van der Waals surface area contributed by atoms with Crippen LogP contribution in [0.2, 0.25) is 0 Å². The van der Waals surface area contributed by atoms with Crippen molar-refractivity contribution in [3.05, 3.63) is 58.3 Å². The first kappa shape index (κ1) is 16.0. The first-order chi connectivity index (χ1) is 10.6.